The van der Waals surface area contributed by atoms with Crippen molar-refractivity contribution in [2.45, 2.75) is 51.4 Å². The summed E-state index contributed by atoms with van der Waals surface area (Å²) < 4.78 is 15.3. The normalized spacial score (nSPS) is 14.2. The lowest BCUT2D eigenvalue weighted by Crippen LogP contribution is -2.39. The van der Waals surface area contributed by atoms with E-state index in [4.69, 9.17) is 37.2 Å². The van der Waals surface area contributed by atoms with Gasteiger partial charge in [-0.05, 0) is 84.5 Å². The van der Waals surface area contributed by atoms with Gasteiger partial charge in [0.05, 0.1) is 29.4 Å². The molecule has 1 saturated heterocycles. The Morgan fingerprint density at radius 2 is 1.88 bits per heavy atom. The van der Waals surface area contributed by atoms with E-state index < -0.39 is 18.6 Å². The van der Waals surface area contributed by atoms with Crippen LogP contribution in [0.2, 0.25) is 5.02 Å². The molecule has 1 aliphatic heterocycles. The number of hydrogen-bond donors (Lipinski definition) is 4. The number of nitrogens with two attached hydrogens (primary N) is 1. The van der Waals surface area contributed by atoms with Crippen LogP contribution in [-0.2, 0) is 24.5 Å². The SMILES string of the molecule is N#CCN=CC(=CN)COc1cc(OCc2cccc(-c3cccc4c3cnn4CCCCN3CCCC3)c2Br)c(Cl)cc1CNC(CO)C(=O)O. The second-order valence-corrected chi connectivity index (χ2v) is 13.6. The Bertz CT molecular complexity index is 1940. The van der Waals surface area contributed by atoms with Crippen LogP contribution in [0.5, 0.6) is 11.5 Å². The van der Waals surface area contributed by atoms with Crippen LogP contribution < -0.4 is 20.5 Å². The molecule has 1 aliphatic rings. The van der Waals surface area contributed by atoms with Crippen LogP contribution in [-0.4, -0.2) is 82.5 Å². The van der Waals surface area contributed by atoms with Gasteiger partial charge in [-0.15, -0.1) is 0 Å². The van der Waals surface area contributed by atoms with Crippen LogP contribution in [0.25, 0.3) is 22.0 Å². The third-order valence-electron chi connectivity index (χ3n) is 8.89. The highest BCUT2D eigenvalue weighted by molar-refractivity contribution is 9.10. The molecule has 1 unspecified atom stereocenters. The third-order valence-corrected chi connectivity index (χ3v) is 10.1. The van der Waals surface area contributed by atoms with Crippen molar-refractivity contribution in [1.82, 2.24) is 20.0 Å². The van der Waals surface area contributed by atoms with Crippen molar-refractivity contribution in [1.29, 1.82) is 5.26 Å². The molecule has 0 bridgehead atoms. The Balaban J connectivity index is 1.33. The maximum atomic E-state index is 11.5. The molecule has 0 amide bonds. The predicted octanol–water partition coefficient (Wildman–Crippen LogP) is 5.93. The number of nitriles is 1. The molecule has 14 heteroatoms. The number of halogens is 2. The van der Waals surface area contributed by atoms with Gasteiger partial charge in [-0.2, -0.15) is 10.4 Å². The first-order valence-corrected chi connectivity index (χ1v) is 18.4. The number of benzene rings is 3. The summed E-state index contributed by atoms with van der Waals surface area (Å²) in [5.41, 5.74) is 10.8. The van der Waals surface area contributed by atoms with Gasteiger partial charge in [-0.3, -0.25) is 19.8 Å². The molecule has 274 valence electrons. The number of unbranched alkanes of at least 4 members (excludes halogenated alkanes) is 1. The number of aliphatic imine (C=N–C) groups is 1. The van der Waals surface area contributed by atoms with Crippen LogP contribution in [0.1, 0.15) is 36.8 Å². The maximum absolute atomic E-state index is 11.5. The summed E-state index contributed by atoms with van der Waals surface area (Å²) in [5, 5.41) is 36.6. The molecule has 0 saturated carbocycles. The van der Waals surface area contributed by atoms with Crippen molar-refractivity contribution in [2.75, 3.05) is 39.4 Å². The minimum atomic E-state index is -1.20. The van der Waals surface area contributed by atoms with Crippen molar-refractivity contribution in [3.8, 4) is 28.7 Å². The Morgan fingerprint density at radius 1 is 1.12 bits per heavy atom. The molecular weight excluding hydrogens is 750 g/mol. The molecule has 2 heterocycles. The van der Waals surface area contributed by atoms with Crippen molar-refractivity contribution in [3.05, 3.63) is 87.1 Å². The van der Waals surface area contributed by atoms with Crippen LogP contribution in [0.4, 0.5) is 0 Å². The molecule has 4 aromatic rings. The van der Waals surface area contributed by atoms with E-state index in [0.29, 0.717) is 22.6 Å². The van der Waals surface area contributed by atoms with Gasteiger partial charge in [-0.1, -0.05) is 41.9 Å². The van der Waals surface area contributed by atoms with E-state index in [9.17, 15) is 15.0 Å². The molecule has 5 N–H and O–H groups in total. The lowest BCUT2D eigenvalue weighted by atomic mass is 10.00. The van der Waals surface area contributed by atoms with E-state index in [1.165, 1.54) is 38.3 Å². The van der Waals surface area contributed by atoms with Crippen LogP contribution >= 0.6 is 27.5 Å². The number of carboxylic acid groups (broad SMARTS) is 1. The second kappa shape index (κ2) is 19.4. The summed E-state index contributed by atoms with van der Waals surface area (Å²) in [6.45, 7) is 4.06. The number of nitrogens with zero attached hydrogens (tertiary/aromatic N) is 5. The topological polar surface area (TPSA) is 171 Å². The number of aliphatic hydroxyl groups excluding tert-OH is 1. The van der Waals surface area contributed by atoms with Gasteiger partial charge in [0.15, 0.2) is 0 Å². The maximum Gasteiger partial charge on any atom is 0.323 e. The molecule has 1 aromatic heterocycles. The van der Waals surface area contributed by atoms with Crippen molar-refractivity contribution >= 4 is 50.6 Å². The first-order chi connectivity index (χ1) is 25.3. The monoisotopic (exact) mass is 791 g/mol. The Kier molecular flexibility index (Phi) is 14.5. The fraction of sp³-hybridized carbons (Fsp3) is 0.368. The molecule has 52 heavy (non-hydrogen) atoms. The number of aromatic nitrogens is 2. The number of ether oxygens (including phenoxy) is 2. The average Bonchev–Trinajstić information content (AvgIpc) is 3.82. The lowest BCUT2D eigenvalue weighted by Gasteiger charge is -2.18. The third kappa shape index (κ3) is 10.1. The summed E-state index contributed by atoms with van der Waals surface area (Å²) >= 11 is 10.5. The first-order valence-electron chi connectivity index (χ1n) is 17.2. The zero-order chi connectivity index (χ0) is 36.9. The van der Waals surface area contributed by atoms with Crippen molar-refractivity contribution in [2.24, 2.45) is 10.7 Å². The summed E-state index contributed by atoms with van der Waals surface area (Å²) in [6, 6.07) is 16.3. The van der Waals surface area contributed by atoms with Crippen LogP contribution in [0.15, 0.2) is 76.0 Å². The van der Waals surface area contributed by atoms with E-state index in [-0.39, 0.29) is 31.3 Å². The summed E-state index contributed by atoms with van der Waals surface area (Å²) in [4.78, 5) is 18.0. The summed E-state index contributed by atoms with van der Waals surface area (Å²) in [5.74, 6) is -0.493. The van der Waals surface area contributed by atoms with E-state index in [1.54, 1.807) is 12.1 Å². The van der Waals surface area contributed by atoms with Gasteiger partial charge in [0.1, 0.15) is 37.3 Å². The molecule has 12 nitrogen and oxygen atoms in total. The summed E-state index contributed by atoms with van der Waals surface area (Å²) in [6.07, 6.45) is 9.58. The van der Waals surface area contributed by atoms with Gasteiger partial charge >= 0.3 is 5.97 Å². The number of aliphatic carboxylic acids is 1. The molecule has 1 atom stereocenters. The van der Waals surface area contributed by atoms with Gasteiger partial charge in [-0.25, -0.2) is 0 Å². The highest BCUT2D eigenvalue weighted by atomic mass is 79.9. The van der Waals surface area contributed by atoms with Gasteiger partial charge in [0.2, 0.25) is 0 Å². The van der Waals surface area contributed by atoms with Crippen molar-refractivity contribution in [3.63, 3.8) is 0 Å². The number of rotatable bonds is 19. The number of aryl methyl sites for hydroxylation is 1. The van der Waals surface area contributed by atoms with E-state index >= 15 is 0 Å². The highest BCUT2D eigenvalue weighted by Gasteiger charge is 2.19. The average molecular weight is 793 g/mol. The number of nitrogens with one attached hydrogen (secondary N) is 1. The number of likely N-dealkylation sites (tertiary alicyclic amines) is 1. The highest BCUT2D eigenvalue weighted by Crippen LogP contribution is 2.38. The molecule has 5 rings (SSSR count). The molecule has 1 fully saturated rings. The number of carboxylic acids is 1. The Labute approximate surface area is 316 Å². The number of aliphatic hydroxyl groups is 1. The smallest absolute Gasteiger partial charge is 0.323 e. The van der Waals surface area contributed by atoms with E-state index in [1.807, 2.05) is 24.4 Å². The Morgan fingerprint density at radius 3 is 2.63 bits per heavy atom. The van der Waals surface area contributed by atoms with Gasteiger partial charge in [0, 0.05) is 58.1 Å². The second-order valence-electron chi connectivity index (χ2n) is 12.4. The number of carbonyl (C=O) groups is 1. The van der Waals surface area contributed by atoms with Crippen molar-refractivity contribution < 1.29 is 24.5 Å². The molecule has 0 aliphatic carbocycles. The largest absolute Gasteiger partial charge is 0.488 e. The van der Waals surface area contributed by atoms with Crippen LogP contribution in [0, 0.1) is 11.3 Å². The Hall–Kier alpha value is -4.45. The van der Waals surface area contributed by atoms with Gasteiger partial charge in [0.25, 0.3) is 0 Å². The minimum Gasteiger partial charge on any atom is -0.488 e. The zero-order valence-corrected chi connectivity index (χ0v) is 31.2. The molecule has 0 radical (unpaired) electrons. The minimum absolute atomic E-state index is 0.0101. The summed E-state index contributed by atoms with van der Waals surface area (Å²) in [7, 11) is 0. The zero-order valence-electron chi connectivity index (χ0n) is 28.8. The fourth-order valence-electron chi connectivity index (χ4n) is 6.09. The number of hydrogen-bond acceptors (Lipinski definition) is 10. The molecular formula is C38H43BrClN7O5. The quantitative estimate of drug-likeness (QED) is 0.0508. The predicted molar refractivity (Wildman–Crippen MR) is 206 cm³/mol. The molecule has 0 spiro atoms. The fourth-order valence-corrected chi connectivity index (χ4v) is 6.92. The van der Waals surface area contributed by atoms with E-state index in [0.717, 1.165) is 58.0 Å². The van der Waals surface area contributed by atoms with Gasteiger partial charge < -0.3 is 30.3 Å². The molecule has 3 aromatic carbocycles. The lowest BCUT2D eigenvalue weighted by molar-refractivity contribution is -0.140. The van der Waals surface area contributed by atoms with Crippen LogP contribution in [0.3, 0.4) is 0 Å². The first kappa shape index (κ1) is 38.8. The van der Waals surface area contributed by atoms with E-state index in [2.05, 4.69) is 60.1 Å². The number of fused-ring (bicyclic) bond motifs is 1. The standard InChI is InChI=1S/C38H43BrClN7O5/c39-37-27(7-5-9-30(37)29-8-6-10-34-31(29)22-45-47(34)16-4-3-15-46-13-1-2-14-46)25-52-36-18-35(51-24-26(19-42)20-43-12-11-41)28(17-32(36)40)21-44-33(23-48)38(49)50/h5-10,17-20,22,33,44,48H,1-4,12-16,21,23-25,42H2,(H,49,50).